The lowest BCUT2D eigenvalue weighted by molar-refractivity contribution is -0.137. The molecule has 3 aromatic rings. The Morgan fingerprint density at radius 1 is 1.00 bits per heavy atom. The first-order valence-corrected chi connectivity index (χ1v) is 9.57. The van der Waals surface area contributed by atoms with Crippen LogP contribution in [0, 0.1) is 6.92 Å². The maximum Gasteiger partial charge on any atom is 0.416 e. The van der Waals surface area contributed by atoms with Crippen molar-refractivity contribution in [1.82, 2.24) is 5.16 Å². The van der Waals surface area contributed by atoms with Gasteiger partial charge in [-0.3, -0.25) is 9.52 Å². The Balaban J connectivity index is 1.70. The van der Waals surface area contributed by atoms with Gasteiger partial charge in [0.1, 0.15) is 11.3 Å². The first kappa shape index (κ1) is 20.4. The highest BCUT2D eigenvalue weighted by molar-refractivity contribution is 7.92. The normalized spacial score (nSPS) is 11.9. The summed E-state index contributed by atoms with van der Waals surface area (Å²) in [6.07, 6.45) is -3.28. The van der Waals surface area contributed by atoms with Crippen molar-refractivity contribution in [2.75, 3.05) is 10.0 Å². The monoisotopic (exact) mass is 425 g/mol. The van der Waals surface area contributed by atoms with Gasteiger partial charge < -0.3 is 9.84 Å². The van der Waals surface area contributed by atoms with E-state index >= 15 is 0 Å². The Morgan fingerprint density at radius 3 is 2.10 bits per heavy atom. The minimum atomic E-state index is -4.55. The Hall–Kier alpha value is -3.34. The zero-order valence-electron chi connectivity index (χ0n) is 14.8. The molecule has 0 radical (unpaired) electrons. The van der Waals surface area contributed by atoms with E-state index in [9.17, 15) is 26.4 Å². The summed E-state index contributed by atoms with van der Waals surface area (Å²) in [6.45, 7) is 1.58. The molecular formula is C18H14F3N3O4S. The number of halogens is 3. The van der Waals surface area contributed by atoms with E-state index in [0.29, 0.717) is 23.6 Å². The summed E-state index contributed by atoms with van der Waals surface area (Å²) in [4.78, 5) is 11.8. The fraction of sp³-hybridized carbons (Fsp3) is 0.111. The van der Waals surface area contributed by atoms with E-state index in [1.54, 1.807) is 6.92 Å². The number of carbonyl (C=O) groups excluding carboxylic acids is 1. The van der Waals surface area contributed by atoms with Gasteiger partial charge in [-0.1, -0.05) is 5.16 Å². The Morgan fingerprint density at radius 2 is 1.59 bits per heavy atom. The molecular weight excluding hydrogens is 411 g/mol. The first-order valence-electron chi connectivity index (χ1n) is 8.09. The van der Waals surface area contributed by atoms with Crippen LogP contribution in [0.2, 0.25) is 0 Å². The van der Waals surface area contributed by atoms with Crippen LogP contribution in [0.4, 0.5) is 24.5 Å². The van der Waals surface area contributed by atoms with Crippen LogP contribution in [0.15, 0.2) is 64.1 Å². The third kappa shape index (κ3) is 4.74. The van der Waals surface area contributed by atoms with Crippen LogP contribution < -0.4 is 10.0 Å². The molecule has 152 valence electrons. The van der Waals surface area contributed by atoms with Crippen molar-refractivity contribution in [3.63, 3.8) is 0 Å². The summed E-state index contributed by atoms with van der Waals surface area (Å²) < 4.78 is 69.6. The number of benzene rings is 2. The lowest BCUT2D eigenvalue weighted by Gasteiger charge is -2.11. The molecule has 0 atom stereocenters. The predicted molar refractivity (Wildman–Crippen MR) is 97.9 cm³/mol. The Labute approximate surface area is 163 Å². The number of anilines is 2. The first-order chi connectivity index (χ1) is 13.6. The number of aryl methyl sites for hydroxylation is 1. The average Bonchev–Trinajstić information content (AvgIpc) is 3.09. The molecule has 2 aromatic carbocycles. The minimum absolute atomic E-state index is 0.170. The number of hydrogen-bond donors (Lipinski definition) is 2. The average molecular weight is 425 g/mol. The van der Waals surface area contributed by atoms with Gasteiger partial charge in [-0.25, -0.2) is 8.42 Å². The van der Waals surface area contributed by atoms with Crippen LogP contribution in [0.25, 0.3) is 0 Å². The summed E-state index contributed by atoms with van der Waals surface area (Å²) in [6, 6.07) is 8.87. The standard InChI is InChI=1S/C18H14F3N3O4S/c1-11-16(10-22-28-11)17(25)23-13-4-6-14(7-5-13)24-29(26,27)15-8-2-12(3-9-15)18(19,20)21/h2-10,24H,1H3,(H,23,25). The summed E-state index contributed by atoms with van der Waals surface area (Å²) >= 11 is 0. The van der Waals surface area contributed by atoms with Crippen LogP contribution >= 0.6 is 0 Å². The molecule has 0 fully saturated rings. The molecule has 0 aliphatic rings. The third-order valence-electron chi connectivity index (χ3n) is 3.88. The molecule has 0 spiro atoms. The molecule has 11 heteroatoms. The maximum absolute atomic E-state index is 12.6. The van der Waals surface area contributed by atoms with E-state index in [-0.39, 0.29) is 16.1 Å². The summed E-state index contributed by atoms with van der Waals surface area (Å²) in [5.41, 5.74) is -0.117. The summed E-state index contributed by atoms with van der Waals surface area (Å²) in [5.74, 6) is -0.0924. The second-order valence-electron chi connectivity index (χ2n) is 5.95. The molecule has 1 aromatic heterocycles. The maximum atomic E-state index is 12.6. The number of carbonyl (C=O) groups is 1. The van der Waals surface area contributed by atoms with Crippen molar-refractivity contribution in [2.45, 2.75) is 18.0 Å². The van der Waals surface area contributed by atoms with E-state index in [2.05, 4.69) is 15.2 Å². The summed E-state index contributed by atoms with van der Waals surface area (Å²) in [7, 11) is -4.08. The molecule has 2 N–H and O–H groups in total. The van der Waals surface area contributed by atoms with Crippen LogP contribution in [0.3, 0.4) is 0 Å². The molecule has 7 nitrogen and oxygen atoms in total. The zero-order chi connectivity index (χ0) is 21.2. The molecule has 0 aliphatic heterocycles. The van der Waals surface area contributed by atoms with E-state index < -0.39 is 27.7 Å². The van der Waals surface area contributed by atoms with Gasteiger partial charge in [-0.15, -0.1) is 0 Å². The topological polar surface area (TPSA) is 101 Å². The molecule has 0 saturated heterocycles. The number of alkyl halides is 3. The highest BCUT2D eigenvalue weighted by atomic mass is 32.2. The second-order valence-corrected chi connectivity index (χ2v) is 7.64. The highest BCUT2D eigenvalue weighted by Crippen LogP contribution is 2.30. The van der Waals surface area contributed by atoms with Gasteiger partial charge in [0.15, 0.2) is 0 Å². The molecule has 0 bridgehead atoms. The number of aromatic nitrogens is 1. The Bertz CT molecular complexity index is 1120. The number of amides is 1. The Kier molecular flexibility index (Phi) is 5.33. The van der Waals surface area contributed by atoms with Crippen molar-refractivity contribution in [2.24, 2.45) is 0 Å². The van der Waals surface area contributed by atoms with Crippen LogP contribution in [-0.2, 0) is 16.2 Å². The van der Waals surface area contributed by atoms with Crippen molar-refractivity contribution in [3.8, 4) is 0 Å². The van der Waals surface area contributed by atoms with Crippen molar-refractivity contribution < 1.29 is 30.9 Å². The van der Waals surface area contributed by atoms with Crippen LogP contribution in [-0.4, -0.2) is 19.5 Å². The van der Waals surface area contributed by atoms with E-state index in [1.165, 1.54) is 30.5 Å². The quantitative estimate of drug-likeness (QED) is 0.642. The van der Waals surface area contributed by atoms with Crippen LogP contribution in [0.1, 0.15) is 21.7 Å². The van der Waals surface area contributed by atoms with Crippen molar-refractivity contribution in [1.29, 1.82) is 0 Å². The number of nitrogens with zero attached hydrogens (tertiary/aromatic N) is 1. The molecule has 0 aliphatic carbocycles. The lowest BCUT2D eigenvalue weighted by Crippen LogP contribution is -2.14. The molecule has 0 saturated carbocycles. The third-order valence-corrected chi connectivity index (χ3v) is 5.28. The van der Waals surface area contributed by atoms with Crippen molar-refractivity contribution in [3.05, 3.63) is 71.6 Å². The van der Waals surface area contributed by atoms with Gasteiger partial charge in [0, 0.05) is 11.4 Å². The van der Waals surface area contributed by atoms with Crippen LogP contribution in [0.5, 0.6) is 0 Å². The lowest BCUT2D eigenvalue weighted by atomic mass is 10.2. The zero-order valence-corrected chi connectivity index (χ0v) is 15.6. The van der Waals surface area contributed by atoms with E-state index in [1.807, 2.05) is 0 Å². The van der Waals surface area contributed by atoms with Gasteiger partial charge in [-0.2, -0.15) is 13.2 Å². The number of rotatable bonds is 5. The molecule has 1 amide bonds. The number of sulfonamides is 1. The second kappa shape index (κ2) is 7.59. The molecule has 1 heterocycles. The molecule has 3 rings (SSSR count). The largest absolute Gasteiger partial charge is 0.416 e. The fourth-order valence-corrected chi connectivity index (χ4v) is 3.43. The van der Waals surface area contributed by atoms with Crippen molar-refractivity contribution >= 4 is 27.3 Å². The van der Waals surface area contributed by atoms with Gasteiger partial charge in [0.05, 0.1) is 16.7 Å². The SMILES string of the molecule is Cc1oncc1C(=O)Nc1ccc(NS(=O)(=O)c2ccc(C(F)(F)F)cc2)cc1. The predicted octanol–water partition coefficient (Wildman–Crippen LogP) is 4.05. The summed E-state index contributed by atoms with van der Waals surface area (Å²) in [5, 5.41) is 6.12. The number of hydrogen-bond acceptors (Lipinski definition) is 5. The van der Waals surface area contributed by atoms with Gasteiger partial charge >= 0.3 is 6.18 Å². The van der Waals surface area contributed by atoms with Gasteiger partial charge in [-0.05, 0) is 55.5 Å². The van der Waals surface area contributed by atoms with Gasteiger partial charge in [0.25, 0.3) is 15.9 Å². The van der Waals surface area contributed by atoms with E-state index in [0.717, 1.165) is 12.1 Å². The highest BCUT2D eigenvalue weighted by Gasteiger charge is 2.30. The molecule has 0 unspecified atom stereocenters. The number of nitrogens with one attached hydrogen (secondary N) is 2. The van der Waals surface area contributed by atoms with E-state index in [4.69, 9.17) is 4.52 Å². The molecule has 29 heavy (non-hydrogen) atoms. The van der Waals surface area contributed by atoms with Gasteiger partial charge in [0.2, 0.25) is 0 Å². The smallest absolute Gasteiger partial charge is 0.361 e. The fourth-order valence-electron chi connectivity index (χ4n) is 2.37. The minimum Gasteiger partial charge on any atom is -0.361 e.